The molecule has 0 saturated carbocycles. The van der Waals surface area contributed by atoms with E-state index in [4.69, 9.17) is 0 Å². The highest BCUT2D eigenvalue weighted by Gasteiger charge is 1.97. The van der Waals surface area contributed by atoms with Crippen molar-refractivity contribution in [2.45, 2.75) is 26.2 Å². The number of H-pyrrole nitrogens is 1. The third-order valence-electron chi connectivity index (χ3n) is 2.64. The Balaban J connectivity index is 2.17. The number of nitrogens with one attached hydrogen (secondary N) is 1. The fourth-order valence-corrected chi connectivity index (χ4v) is 1.76. The van der Waals surface area contributed by atoms with E-state index in [0.29, 0.717) is 0 Å². The van der Waals surface area contributed by atoms with Crippen LogP contribution >= 0.6 is 0 Å². The Kier molecular flexibility index (Phi) is 3.23. The normalized spacial score (nSPS) is 11.5. The maximum Gasteiger partial charge on any atom is 0.0460 e. The zero-order chi connectivity index (χ0) is 10.5. The molecule has 0 aliphatic carbocycles. The van der Waals surface area contributed by atoms with E-state index in [1.54, 1.807) is 0 Å². The lowest BCUT2D eigenvalue weighted by Crippen LogP contribution is -1.69. The maximum absolute atomic E-state index is 3.28. The first-order chi connectivity index (χ1) is 7.42. The highest BCUT2D eigenvalue weighted by atomic mass is 14.7. The number of hydrogen-bond acceptors (Lipinski definition) is 0. The molecule has 0 fully saturated rings. The Hall–Kier alpha value is -1.50. The molecule has 1 heterocycles. The number of aromatic nitrogens is 1. The van der Waals surface area contributed by atoms with Crippen LogP contribution in [0.4, 0.5) is 0 Å². The molecule has 0 aliphatic rings. The van der Waals surface area contributed by atoms with Crippen molar-refractivity contribution in [2.24, 2.45) is 0 Å². The Morgan fingerprint density at radius 2 is 2.13 bits per heavy atom. The van der Waals surface area contributed by atoms with Gasteiger partial charge < -0.3 is 4.98 Å². The fraction of sp³-hybridized carbons (Fsp3) is 0.286. The monoisotopic (exact) mass is 199 g/mol. The van der Waals surface area contributed by atoms with Crippen molar-refractivity contribution in [3.8, 4) is 0 Å². The average Bonchev–Trinajstić information content (AvgIpc) is 2.68. The Labute approximate surface area is 90.8 Å². The van der Waals surface area contributed by atoms with Gasteiger partial charge in [0.15, 0.2) is 0 Å². The van der Waals surface area contributed by atoms with Crippen LogP contribution < -0.4 is 0 Å². The van der Waals surface area contributed by atoms with Crippen molar-refractivity contribution in [1.82, 2.24) is 4.98 Å². The standard InChI is InChI=1S/C14H17N/c1-2-3-4-5-8-12-11-15-14-10-7-6-9-13(12)14/h5-11,15H,2-4H2,1H3/b8-5+. The summed E-state index contributed by atoms with van der Waals surface area (Å²) in [7, 11) is 0. The lowest BCUT2D eigenvalue weighted by atomic mass is 10.1. The molecule has 0 bridgehead atoms. The summed E-state index contributed by atoms with van der Waals surface area (Å²) in [6.45, 7) is 2.22. The van der Waals surface area contributed by atoms with Crippen LogP contribution in [-0.4, -0.2) is 4.98 Å². The molecule has 2 aromatic rings. The van der Waals surface area contributed by atoms with Crippen LogP contribution in [-0.2, 0) is 0 Å². The van der Waals surface area contributed by atoms with E-state index in [1.807, 2.05) is 0 Å². The van der Waals surface area contributed by atoms with Crippen LogP contribution in [0, 0.1) is 0 Å². The van der Waals surface area contributed by atoms with Gasteiger partial charge in [-0.1, -0.05) is 50.1 Å². The molecule has 1 N–H and O–H groups in total. The van der Waals surface area contributed by atoms with E-state index in [0.717, 1.165) is 0 Å². The number of rotatable bonds is 4. The summed E-state index contributed by atoms with van der Waals surface area (Å²) in [5.74, 6) is 0. The van der Waals surface area contributed by atoms with Crippen molar-refractivity contribution in [1.29, 1.82) is 0 Å². The number of para-hydroxylation sites is 1. The summed E-state index contributed by atoms with van der Waals surface area (Å²) >= 11 is 0. The van der Waals surface area contributed by atoms with E-state index in [1.165, 1.54) is 35.7 Å². The molecule has 0 unspecified atom stereocenters. The SMILES string of the molecule is CCCC/C=C/c1c[nH]c2ccccc12. The minimum absolute atomic E-state index is 1.18. The first-order valence-electron chi connectivity index (χ1n) is 5.64. The van der Waals surface area contributed by atoms with Gasteiger partial charge in [0, 0.05) is 17.1 Å². The third kappa shape index (κ3) is 2.30. The fourth-order valence-electron chi connectivity index (χ4n) is 1.76. The quantitative estimate of drug-likeness (QED) is 0.704. The summed E-state index contributed by atoms with van der Waals surface area (Å²) in [5.41, 5.74) is 2.51. The molecule has 2 rings (SSSR count). The second kappa shape index (κ2) is 4.83. The minimum Gasteiger partial charge on any atom is -0.361 e. The minimum atomic E-state index is 1.18. The molecule has 0 amide bonds. The van der Waals surface area contributed by atoms with E-state index < -0.39 is 0 Å². The number of unbranched alkanes of at least 4 members (excludes halogenated alkanes) is 2. The van der Waals surface area contributed by atoms with E-state index >= 15 is 0 Å². The molecule has 0 atom stereocenters. The van der Waals surface area contributed by atoms with Crippen molar-refractivity contribution >= 4 is 17.0 Å². The Morgan fingerprint density at radius 1 is 1.27 bits per heavy atom. The summed E-state index contributed by atoms with van der Waals surface area (Å²) < 4.78 is 0. The lowest BCUT2D eigenvalue weighted by molar-refractivity contribution is 0.816. The first-order valence-corrected chi connectivity index (χ1v) is 5.64. The number of hydrogen-bond donors (Lipinski definition) is 1. The van der Waals surface area contributed by atoms with Crippen molar-refractivity contribution in [3.05, 3.63) is 42.1 Å². The Bertz CT molecular complexity index is 451. The first kappa shape index (κ1) is 10.0. The highest BCUT2D eigenvalue weighted by molar-refractivity contribution is 5.88. The lowest BCUT2D eigenvalue weighted by Gasteiger charge is -1.91. The van der Waals surface area contributed by atoms with Crippen molar-refractivity contribution in [2.75, 3.05) is 0 Å². The van der Waals surface area contributed by atoms with Gasteiger partial charge in [0.05, 0.1) is 0 Å². The molecule has 78 valence electrons. The van der Waals surface area contributed by atoms with Gasteiger partial charge >= 0.3 is 0 Å². The van der Waals surface area contributed by atoms with Gasteiger partial charge in [0.25, 0.3) is 0 Å². The second-order valence-electron chi connectivity index (χ2n) is 3.83. The molecule has 1 aromatic carbocycles. The van der Waals surface area contributed by atoms with Gasteiger partial charge in [0.1, 0.15) is 0 Å². The molecule has 0 saturated heterocycles. The van der Waals surface area contributed by atoms with Gasteiger partial charge in [-0.15, -0.1) is 0 Å². The predicted octanol–water partition coefficient (Wildman–Crippen LogP) is 4.37. The van der Waals surface area contributed by atoms with Crippen LogP contribution in [0.25, 0.3) is 17.0 Å². The van der Waals surface area contributed by atoms with Gasteiger partial charge in [-0.05, 0) is 18.1 Å². The van der Waals surface area contributed by atoms with Gasteiger partial charge in [-0.3, -0.25) is 0 Å². The highest BCUT2D eigenvalue weighted by Crippen LogP contribution is 2.19. The summed E-state index contributed by atoms with van der Waals surface area (Å²) in [4.78, 5) is 3.28. The zero-order valence-electron chi connectivity index (χ0n) is 9.16. The van der Waals surface area contributed by atoms with Gasteiger partial charge in [-0.25, -0.2) is 0 Å². The molecule has 0 radical (unpaired) electrons. The number of aromatic amines is 1. The zero-order valence-corrected chi connectivity index (χ0v) is 9.16. The molecule has 1 nitrogen and oxygen atoms in total. The topological polar surface area (TPSA) is 15.8 Å². The van der Waals surface area contributed by atoms with E-state index in [-0.39, 0.29) is 0 Å². The van der Waals surface area contributed by atoms with Crippen LogP contribution in [0.1, 0.15) is 31.7 Å². The molecule has 0 spiro atoms. The molecule has 1 aromatic heterocycles. The predicted molar refractivity (Wildman–Crippen MR) is 66.9 cm³/mol. The van der Waals surface area contributed by atoms with Crippen LogP contribution in [0.15, 0.2) is 36.5 Å². The molecule has 1 heteroatoms. The van der Waals surface area contributed by atoms with Crippen LogP contribution in [0.3, 0.4) is 0 Å². The number of benzene rings is 1. The maximum atomic E-state index is 3.28. The third-order valence-corrected chi connectivity index (χ3v) is 2.64. The smallest absolute Gasteiger partial charge is 0.0460 e. The van der Waals surface area contributed by atoms with E-state index in [2.05, 4.69) is 54.5 Å². The van der Waals surface area contributed by atoms with Crippen molar-refractivity contribution in [3.63, 3.8) is 0 Å². The van der Waals surface area contributed by atoms with Crippen LogP contribution in [0.2, 0.25) is 0 Å². The Morgan fingerprint density at radius 3 is 3.00 bits per heavy atom. The largest absolute Gasteiger partial charge is 0.361 e. The van der Waals surface area contributed by atoms with Crippen molar-refractivity contribution < 1.29 is 0 Å². The molecule has 0 aliphatic heterocycles. The van der Waals surface area contributed by atoms with Gasteiger partial charge in [-0.2, -0.15) is 0 Å². The molecular weight excluding hydrogens is 182 g/mol. The second-order valence-corrected chi connectivity index (χ2v) is 3.83. The van der Waals surface area contributed by atoms with Crippen LogP contribution in [0.5, 0.6) is 0 Å². The summed E-state index contributed by atoms with van der Waals surface area (Å²) in [5, 5.41) is 1.31. The molecular formula is C14H17N. The average molecular weight is 199 g/mol. The summed E-state index contributed by atoms with van der Waals surface area (Å²) in [6.07, 6.45) is 10.3. The summed E-state index contributed by atoms with van der Waals surface area (Å²) in [6, 6.07) is 8.41. The molecule has 15 heavy (non-hydrogen) atoms. The van der Waals surface area contributed by atoms with E-state index in [9.17, 15) is 0 Å². The number of fused-ring (bicyclic) bond motifs is 1. The number of allylic oxidation sites excluding steroid dienone is 1. The van der Waals surface area contributed by atoms with Gasteiger partial charge in [0.2, 0.25) is 0 Å².